The van der Waals surface area contributed by atoms with E-state index in [9.17, 15) is 9.36 Å². The van der Waals surface area contributed by atoms with Crippen LogP contribution in [0.5, 0.6) is 0 Å². The summed E-state index contributed by atoms with van der Waals surface area (Å²) in [4.78, 5) is 27.2. The van der Waals surface area contributed by atoms with Crippen molar-refractivity contribution in [3.8, 4) is 0 Å². The summed E-state index contributed by atoms with van der Waals surface area (Å²) >= 11 is 0. The van der Waals surface area contributed by atoms with Crippen molar-refractivity contribution in [3.63, 3.8) is 0 Å². The molecule has 0 bridgehead atoms. The predicted molar refractivity (Wildman–Crippen MR) is 39.9 cm³/mol. The third-order valence-electron chi connectivity index (χ3n) is 0.893. The van der Waals surface area contributed by atoms with E-state index in [4.69, 9.17) is 9.79 Å². The van der Waals surface area contributed by atoms with Gasteiger partial charge in [-0.25, -0.2) is 0 Å². The van der Waals surface area contributed by atoms with Crippen LogP contribution in [0.25, 0.3) is 0 Å². The molecule has 0 heterocycles. The number of nitrogens with one attached hydrogen (secondary N) is 1. The summed E-state index contributed by atoms with van der Waals surface area (Å²) in [5.74, 6) is -0.441. The molecule has 0 unspecified atom stereocenters. The number of amides is 1. The fraction of sp³-hybridized carbons (Fsp3) is 0.400. The number of carbonyl (C=O) groups excluding carboxylic acids is 1. The normalized spacial score (nSPS) is 10.7. The number of rotatable bonds is 4. The highest BCUT2D eigenvalue weighted by Crippen LogP contribution is 2.34. The molecule has 0 radical (unpaired) electrons. The zero-order valence-corrected chi connectivity index (χ0v) is 6.75. The molecule has 0 aromatic heterocycles. The monoisotopic (exact) mass is 179 g/mol. The summed E-state index contributed by atoms with van der Waals surface area (Å²) in [5.41, 5.74) is 0. The molecule has 64 valence electrons. The quantitative estimate of drug-likeness (QED) is 0.522. The molecule has 0 rings (SSSR count). The average Bonchev–Trinajstić information content (AvgIpc) is 1.83. The van der Waals surface area contributed by atoms with Crippen molar-refractivity contribution in [2.45, 2.75) is 6.42 Å². The second-order valence-electron chi connectivity index (χ2n) is 1.91. The maximum absolute atomic E-state index is 10.6. The van der Waals surface area contributed by atoms with Gasteiger partial charge in [0.2, 0.25) is 5.91 Å². The number of hydrogen-bond acceptors (Lipinski definition) is 2. The molecule has 0 aromatic carbocycles. The van der Waals surface area contributed by atoms with E-state index in [-0.39, 0.29) is 6.42 Å². The predicted octanol–water partition coefficient (Wildman–Crippen LogP) is -0.186. The Morgan fingerprint density at radius 2 is 2.18 bits per heavy atom. The van der Waals surface area contributed by atoms with Crippen molar-refractivity contribution >= 4 is 13.5 Å². The van der Waals surface area contributed by atoms with Gasteiger partial charge in [0, 0.05) is 6.42 Å². The van der Waals surface area contributed by atoms with Crippen LogP contribution in [0, 0.1) is 0 Å². The summed E-state index contributed by atoms with van der Waals surface area (Å²) < 4.78 is 10.2. The van der Waals surface area contributed by atoms with Gasteiger partial charge in [0.25, 0.3) is 0 Å². The third-order valence-corrected chi connectivity index (χ3v) is 1.70. The molecule has 6 heteroatoms. The SMILES string of the molecule is C=CNC(=O)CCP(=O)(O)O. The van der Waals surface area contributed by atoms with Gasteiger partial charge in [-0.15, -0.1) is 0 Å². The van der Waals surface area contributed by atoms with Gasteiger partial charge in [0.05, 0.1) is 6.16 Å². The van der Waals surface area contributed by atoms with E-state index < -0.39 is 19.7 Å². The standard InChI is InChI=1S/C5H10NO4P/c1-2-6-5(7)3-4-11(8,9)10/h2H,1,3-4H2,(H,6,7)(H2,8,9,10). The van der Waals surface area contributed by atoms with Crippen molar-refractivity contribution in [3.05, 3.63) is 12.8 Å². The molecule has 0 fully saturated rings. The van der Waals surface area contributed by atoms with Gasteiger partial charge in [0.15, 0.2) is 0 Å². The van der Waals surface area contributed by atoms with Crippen LogP contribution in [0.4, 0.5) is 0 Å². The zero-order chi connectivity index (χ0) is 8.91. The summed E-state index contributed by atoms with van der Waals surface area (Å²) in [6.07, 6.45) is 0.560. The van der Waals surface area contributed by atoms with Crippen molar-refractivity contribution in [2.24, 2.45) is 0 Å². The van der Waals surface area contributed by atoms with Crippen molar-refractivity contribution < 1.29 is 19.1 Å². The van der Waals surface area contributed by atoms with E-state index in [1.165, 1.54) is 6.20 Å². The lowest BCUT2D eigenvalue weighted by molar-refractivity contribution is -0.119. The van der Waals surface area contributed by atoms with Crippen LogP contribution >= 0.6 is 7.60 Å². The molecule has 1 amide bonds. The smallest absolute Gasteiger partial charge is 0.326 e. The van der Waals surface area contributed by atoms with Crippen LogP contribution < -0.4 is 5.32 Å². The van der Waals surface area contributed by atoms with Crippen molar-refractivity contribution in [1.82, 2.24) is 5.32 Å². The molecule has 0 aliphatic heterocycles. The largest absolute Gasteiger partial charge is 0.333 e. The number of hydrogen-bond donors (Lipinski definition) is 3. The maximum atomic E-state index is 10.6. The highest BCUT2D eigenvalue weighted by atomic mass is 31.2. The van der Waals surface area contributed by atoms with Gasteiger partial charge in [-0.05, 0) is 6.20 Å². The van der Waals surface area contributed by atoms with Crippen LogP contribution in [-0.2, 0) is 9.36 Å². The van der Waals surface area contributed by atoms with Gasteiger partial charge >= 0.3 is 7.60 Å². The zero-order valence-electron chi connectivity index (χ0n) is 5.86. The van der Waals surface area contributed by atoms with Gasteiger partial charge < -0.3 is 15.1 Å². The fourth-order valence-electron chi connectivity index (χ4n) is 0.433. The van der Waals surface area contributed by atoms with Crippen LogP contribution in [0.15, 0.2) is 12.8 Å². The molecular weight excluding hydrogens is 169 g/mol. The molecule has 0 aromatic rings. The van der Waals surface area contributed by atoms with Gasteiger partial charge in [-0.3, -0.25) is 9.36 Å². The van der Waals surface area contributed by atoms with Gasteiger partial charge in [-0.2, -0.15) is 0 Å². The van der Waals surface area contributed by atoms with Crippen LogP contribution in [-0.4, -0.2) is 21.9 Å². The average molecular weight is 179 g/mol. The topological polar surface area (TPSA) is 86.6 Å². The molecular formula is C5H10NO4P. The molecule has 5 nitrogen and oxygen atoms in total. The molecule has 0 atom stereocenters. The second kappa shape index (κ2) is 4.28. The highest BCUT2D eigenvalue weighted by Gasteiger charge is 2.14. The first kappa shape index (κ1) is 10.4. The maximum Gasteiger partial charge on any atom is 0.326 e. The minimum Gasteiger partial charge on any atom is -0.333 e. The van der Waals surface area contributed by atoms with E-state index >= 15 is 0 Å². The Morgan fingerprint density at radius 3 is 2.55 bits per heavy atom. The Hall–Kier alpha value is -0.640. The summed E-state index contributed by atoms with van der Waals surface area (Å²) in [6, 6.07) is 0. The van der Waals surface area contributed by atoms with E-state index in [1.54, 1.807) is 0 Å². The van der Waals surface area contributed by atoms with E-state index in [0.717, 1.165) is 0 Å². The first-order valence-corrected chi connectivity index (χ1v) is 4.70. The first-order valence-electron chi connectivity index (χ1n) is 2.90. The van der Waals surface area contributed by atoms with Crippen LogP contribution in [0.2, 0.25) is 0 Å². The van der Waals surface area contributed by atoms with Gasteiger partial charge in [0.1, 0.15) is 0 Å². The summed E-state index contributed by atoms with van der Waals surface area (Å²) in [5, 5.41) is 2.20. The van der Waals surface area contributed by atoms with E-state index in [1.807, 2.05) is 0 Å². The lowest BCUT2D eigenvalue weighted by Gasteiger charge is -2.01. The minimum atomic E-state index is -4.04. The Labute approximate surface area is 64.3 Å². The Kier molecular flexibility index (Phi) is 4.03. The first-order chi connectivity index (χ1) is 4.95. The molecule has 0 spiro atoms. The highest BCUT2D eigenvalue weighted by molar-refractivity contribution is 7.51. The Balaban J connectivity index is 3.63. The van der Waals surface area contributed by atoms with E-state index in [0.29, 0.717) is 0 Å². The second-order valence-corrected chi connectivity index (χ2v) is 3.69. The lowest BCUT2D eigenvalue weighted by atomic mass is 10.4. The fourth-order valence-corrected chi connectivity index (χ4v) is 0.928. The molecule has 11 heavy (non-hydrogen) atoms. The molecule has 0 saturated heterocycles. The third kappa shape index (κ3) is 7.25. The number of carbonyl (C=O) groups is 1. The van der Waals surface area contributed by atoms with Crippen LogP contribution in [0.3, 0.4) is 0 Å². The lowest BCUT2D eigenvalue weighted by Crippen LogP contribution is -2.17. The van der Waals surface area contributed by atoms with E-state index in [2.05, 4.69) is 11.9 Å². The minimum absolute atomic E-state index is 0.184. The Morgan fingerprint density at radius 1 is 1.64 bits per heavy atom. The molecule has 3 N–H and O–H groups in total. The van der Waals surface area contributed by atoms with Crippen LogP contribution in [0.1, 0.15) is 6.42 Å². The molecule has 0 saturated carbocycles. The Bertz CT molecular complexity index is 197. The van der Waals surface area contributed by atoms with Crippen molar-refractivity contribution in [1.29, 1.82) is 0 Å². The van der Waals surface area contributed by atoms with Gasteiger partial charge in [-0.1, -0.05) is 6.58 Å². The summed E-state index contributed by atoms with van der Waals surface area (Å²) in [6.45, 7) is 3.22. The van der Waals surface area contributed by atoms with Crippen molar-refractivity contribution in [2.75, 3.05) is 6.16 Å². The molecule has 0 aliphatic carbocycles. The summed E-state index contributed by atoms with van der Waals surface area (Å²) in [7, 11) is -4.04. The molecule has 0 aliphatic rings.